The summed E-state index contributed by atoms with van der Waals surface area (Å²) in [7, 11) is 0. The Hall–Kier alpha value is -2.48. The first-order valence-electron chi connectivity index (χ1n) is 6.72. The number of hydrogen-bond donors (Lipinski definition) is 0. The van der Waals surface area contributed by atoms with Crippen molar-refractivity contribution in [3.8, 4) is 11.1 Å². The standard InChI is InChI=1S/C19H17FO/c1-4-14-6-8-17(13(3)10-14)18-9-7-15(12-19(18)20)11-16(21)5-2/h4-10,12H,1-2,11H2,3H3. The van der Waals surface area contributed by atoms with E-state index in [1.165, 1.54) is 12.1 Å². The van der Waals surface area contributed by atoms with Crippen LogP contribution in [0.2, 0.25) is 0 Å². The van der Waals surface area contributed by atoms with Crippen LogP contribution in [0.25, 0.3) is 17.2 Å². The smallest absolute Gasteiger partial charge is 0.159 e. The number of rotatable bonds is 5. The van der Waals surface area contributed by atoms with Crippen molar-refractivity contribution in [2.45, 2.75) is 13.3 Å². The maximum absolute atomic E-state index is 14.3. The van der Waals surface area contributed by atoms with E-state index in [4.69, 9.17) is 0 Å². The van der Waals surface area contributed by atoms with Gasteiger partial charge in [0.2, 0.25) is 0 Å². The van der Waals surface area contributed by atoms with Gasteiger partial charge < -0.3 is 0 Å². The summed E-state index contributed by atoms with van der Waals surface area (Å²) >= 11 is 0. The third-order valence-corrected chi connectivity index (χ3v) is 3.42. The van der Waals surface area contributed by atoms with Crippen LogP contribution in [0.4, 0.5) is 4.39 Å². The minimum Gasteiger partial charge on any atom is -0.295 e. The molecule has 0 unspecified atom stereocenters. The largest absolute Gasteiger partial charge is 0.295 e. The Morgan fingerprint density at radius 3 is 2.43 bits per heavy atom. The van der Waals surface area contributed by atoms with Crippen molar-refractivity contribution in [3.63, 3.8) is 0 Å². The van der Waals surface area contributed by atoms with Gasteiger partial charge in [-0.15, -0.1) is 0 Å². The van der Waals surface area contributed by atoms with Crippen molar-refractivity contribution in [3.05, 3.63) is 78.1 Å². The topological polar surface area (TPSA) is 17.1 Å². The summed E-state index contributed by atoms with van der Waals surface area (Å²) in [4.78, 5) is 11.3. The fourth-order valence-corrected chi connectivity index (χ4v) is 2.28. The zero-order chi connectivity index (χ0) is 15.4. The van der Waals surface area contributed by atoms with E-state index in [1.807, 2.05) is 25.1 Å². The van der Waals surface area contributed by atoms with E-state index in [-0.39, 0.29) is 18.0 Å². The minimum atomic E-state index is -0.321. The van der Waals surface area contributed by atoms with Crippen molar-refractivity contribution in [2.75, 3.05) is 0 Å². The van der Waals surface area contributed by atoms with Gasteiger partial charge in [-0.05, 0) is 41.3 Å². The van der Waals surface area contributed by atoms with Crippen LogP contribution in [0, 0.1) is 12.7 Å². The molecule has 0 aliphatic carbocycles. The molecule has 21 heavy (non-hydrogen) atoms. The van der Waals surface area contributed by atoms with Crippen LogP contribution < -0.4 is 0 Å². The van der Waals surface area contributed by atoms with Crippen LogP contribution in [0.5, 0.6) is 0 Å². The summed E-state index contributed by atoms with van der Waals surface area (Å²) < 4.78 is 14.3. The van der Waals surface area contributed by atoms with Crippen molar-refractivity contribution < 1.29 is 9.18 Å². The van der Waals surface area contributed by atoms with Gasteiger partial charge in [-0.25, -0.2) is 4.39 Å². The monoisotopic (exact) mass is 280 g/mol. The lowest BCUT2D eigenvalue weighted by Gasteiger charge is -2.10. The van der Waals surface area contributed by atoms with Gasteiger partial charge in [0.1, 0.15) is 5.82 Å². The van der Waals surface area contributed by atoms with Crippen LogP contribution in [0.3, 0.4) is 0 Å². The zero-order valence-electron chi connectivity index (χ0n) is 12.0. The molecule has 0 bridgehead atoms. The summed E-state index contributed by atoms with van der Waals surface area (Å²) in [5.41, 5.74) is 4.03. The molecule has 2 heteroatoms. The van der Waals surface area contributed by atoms with Gasteiger partial charge in [-0.2, -0.15) is 0 Å². The molecule has 0 atom stereocenters. The highest BCUT2D eigenvalue weighted by atomic mass is 19.1. The van der Waals surface area contributed by atoms with Crippen LogP contribution in [-0.4, -0.2) is 5.78 Å². The average molecular weight is 280 g/mol. The number of carbonyl (C=O) groups is 1. The predicted molar refractivity (Wildman–Crippen MR) is 85.6 cm³/mol. The molecule has 1 nitrogen and oxygen atoms in total. The fourth-order valence-electron chi connectivity index (χ4n) is 2.28. The second-order valence-electron chi connectivity index (χ2n) is 4.94. The van der Waals surface area contributed by atoms with E-state index >= 15 is 0 Å². The van der Waals surface area contributed by atoms with Crippen LogP contribution in [-0.2, 0) is 11.2 Å². The first-order valence-corrected chi connectivity index (χ1v) is 6.72. The maximum atomic E-state index is 14.3. The number of hydrogen-bond acceptors (Lipinski definition) is 1. The molecule has 0 spiro atoms. The van der Waals surface area contributed by atoms with Crippen molar-refractivity contribution in [1.29, 1.82) is 0 Å². The first kappa shape index (κ1) is 14.9. The van der Waals surface area contributed by atoms with Crippen LogP contribution in [0.15, 0.2) is 55.6 Å². The lowest BCUT2D eigenvalue weighted by molar-refractivity contribution is -0.114. The predicted octanol–water partition coefficient (Wildman–Crippen LogP) is 4.74. The quantitative estimate of drug-likeness (QED) is 0.723. The Balaban J connectivity index is 2.39. The lowest BCUT2D eigenvalue weighted by Crippen LogP contribution is -1.99. The minimum absolute atomic E-state index is 0.117. The van der Waals surface area contributed by atoms with Gasteiger partial charge in [-0.3, -0.25) is 4.79 Å². The number of benzene rings is 2. The molecule has 0 aromatic heterocycles. The van der Waals surface area contributed by atoms with Gasteiger partial charge in [0.25, 0.3) is 0 Å². The van der Waals surface area contributed by atoms with E-state index in [9.17, 15) is 9.18 Å². The van der Waals surface area contributed by atoms with Crippen molar-refractivity contribution in [2.24, 2.45) is 0 Å². The molecule has 0 aliphatic rings. The van der Waals surface area contributed by atoms with E-state index in [1.54, 1.807) is 18.2 Å². The Kier molecular flexibility index (Phi) is 4.49. The highest BCUT2D eigenvalue weighted by Gasteiger charge is 2.10. The third kappa shape index (κ3) is 3.34. The number of ketones is 1. The number of aryl methyl sites for hydroxylation is 1. The molecule has 2 aromatic rings. The summed E-state index contributed by atoms with van der Waals surface area (Å²) in [5, 5.41) is 0. The molecule has 0 fully saturated rings. The highest BCUT2D eigenvalue weighted by Crippen LogP contribution is 2.28. The highest BCUT2D eigenvalue weighted by molar-refractivity contribution is 5.90. The number of carbonyl (C=O) groups excluding carboxylic acids is 1. The van der Waals surface area contributed by atoms with Gasteiger partial charge in [0.15, 0.2) is 5.78 Å². The van der Waals surface area contributed by atoms with Crippen molar-refractivity contribution >= 4 is 11.9 Å². The summed E-state index contributed by atoms with van der Waals surface area (Å²) in [6, 6.07) is 10.7. The maximum Gasteiger partial charge on any atom is 0.159 e. The molecular weight excluding hydrogens is 263 g/mol. The summed E-state index contributed by atoms with van der Waals surface area (Å²) in [5.74, 6) is -0.438. The molecule has 0 aliphatic heterocycles. The molecule has 0 radical (unpaired) electrons. The van der Waals surface area contributed by atoms with Crippen molar-refractivity contribution in [1.82, 2.24) is 0 Å². The lowest BCUT2D eigenvalue weighted by atomic mass is 9.96. The first-order chi connectivity index (χ1) is 10.0. The van der Waals surface area contributed by atoms with Gasteiger partial charge >= 0.3 is 0 Å². The van der Waals surface area contributed by atoms with Gasteiger partial charge in [-0.1, -0.05) is 49.6 Å². The Bertz CT molecular complexity index is 714. The SMILES string of the molecule is C=CC(=O)Cc1ccc(-c2ccc(C=C)cc2C)c(F)c1. The van der Waals surface area contributed by atoms with Crippen LogP contribution >= 0.6 is 0 Å². The van der Waals surface area contributed by atoms with Gasteiger partial charge in [0.05, 0.1) is 0 Å². The van der Waals surface area contributed by atoms with E-state index < -0.39 is 0 Å². The molecule has 2 rings (SSSR count). The van der Waals surface area contributed by atoms with E-state index in [0.29, 0.717) is 11.1 Å². The van der Waals surface area contributed by atoms with Crippen LogP contribution in [0.1, 0.15) is 16.7 Å². The third-order valence-electron chi connectivity index (χ3n) is 3.42. The molecule has 106 valence electrons. The summed E-state index contributed by atoms with van der Waals surface area (Å²) in [6.07, 6.45) is 3.19. The van der Waals surface area contributed by atoms with Gasteiger partial charge in [0, 0.05) is 12.0 Å². The molecule has 0 amide bonds. The molecule has 0 saturated carbocycles. The summed E-state index contributed by atoms with van der Waals surface area (Å²) in [6.45, 7) is 9.09. The molecule has 0 heterocycles. The Labute approximate surface area is 124 Å². The fraction of sp³-hybridized carbons (Fsp3) is 0.105. The molecule has 0 N–H and O–H groups in total. The average Bonchev–Trinajstić information content (AvgIpc) is 2.48. The molecule has 2 aromatic carbocycles. The normalized spacial score (nSPS) is 10.2. The Morgan fingerprint density at radius 1 is 1.14 bits per heavy atom. The number of halogens is 1. The second kappa shape index (κ2) is 6.31. The Morgan fingerprint density at radius 2 is 1.86 bits per heavy atom. The molecule has 0 saturated heterocycles. The van der Waals surface area contributed by atoms with E-state index in [2.05, 4.69) is 13.2 Å². The zero-order valence-corrected chi connectivity index (χ0v) is 12.0. The molecular formula is C19H17FO. The van der Waals surface area contributed by atoms with E-state index in [0.717, 1.165) is 16.7 Å². The second-order valence-corrected chi connectivity index (χ2v) is 4.94. The number of allylic oxidation sites excluding steroid dienone is 1.